The number of amides is 1. The maximum absolute atomic E-state index is 11.5. The normalized spacial score (nSPS) is 11.9. The minimum absolute atomic E-state index is 0.118. The summed E-state index contributed by atoms with van der Waals surface area (Å²) in [6.07, 6.45) is 17.1. The fourth-order valence-electron chi connectivity index (χ4n) is 2.42. The van der Waals surface area contributed by atoms with Gasteiger partial charge in [-0.05, 0) is 6.42 Å². The molecule has 1 amide bonds. The molecule has 4 heteroatoms. The molecule has 0 heterocycles. The molecule has 1 atom stereocenters. The maximum Gasteiger partial charge on any atom is 0.223 e. The van der Waals surface area contributed by atoms with Crippen LogP contribution in [0.2, 0.25) is 0 Å². The highest BCUT2D eigenvalue weighted by molar-refractivity contribution is 5.80. The predicted molar refractivity (Wildman–Crippen MR) is 89.0 cm³/mol. The van der Waals surface area contributed by atoms with E-state index in [2.05, 4.69) is 12.2 Å². The highest BCUT2D eigenvalue weighted by atomic mass is 16.2. The third-order valence-electron chi connectivity index (χ3n) is 3.77. The minimum atomic E-state index is -0.835. The molecule has 0 aromatic rings. The topological polar surface area (TPSA) is 63.2 Å². The van der Waals surface area contributed by atoms with Crippen molar-refractivity contribution in [3.8, 4) is 0 Å². The highest BCUT2D eigenvalue weighted by Gasteiger charge is 2.11. The fraction of sp³-hybridized carbons (Fsp3) is 0.833. The van der Waals surface area contributed by atoms with Gasteiger partial charge >= 0.3 is 0 Å². The first-order valence-corrected chi connectivity index (χ1v) is 8.76. The van der Waals surface area contributed by atoms with Gasteiger partial charge in [0.25, 0.3) is 0 Å². The summed E-state index contributed by atoms with van der Waals surface area (Å²) < 4.78 is 0. The van der Waals surface area contributed by atoms with Gasteiger partial charge in [-0.25, -0.2) is 0 Å². The van der Waals surface area contributed by atoms with Crippen LogP contribution in [0.5, 0.6) is 0 Å². The molecule has 0 unspecified atom stereocenters. The number of carbonyl (C=O) groups is 1. The van der Waals surface area contributed by atoms with Crippen molar-refractivity contribution in [2.45, 2.75) is 96.4 Å². The van der Waals surface area contributed by atoms with Crippen LogP contribution in [0.4, 0.5) is 0 Å². The third kappa shape index (κ3) is 13.8. The molecular formula is C18H31NO3. The van der Waals surface area contributed by atoms with E-state index in [4.69, 9.17) is 0 Å². The van der Waals surface area contributed by atoms with E-state index in [1.165, 1.54) is 51.4 Å². The molecule has 0 aliphatic rings. The van der Waals surface area contributed by atoms with Crippen LogP contribution in [-0.4, -0.2) is 24.5 Å². The average molecular weight is 309 g/mol. The van der Waals surface area contributed by atoms with E-state index in [9.17, 15) is 14.4 Å². The molecular weight excluding hydrogens is 278 g/mol. The lowest BCUT2D eigenvalue weighted by Gasteiger charge is -2.08. The molecule has 0 aliphatic heterocycles. The van der Waals surface area contributed by atoms with E-state index in [1.54, 1.807) is 12.6 Å². The van der Waals surface area contributed by atoms with Crippen molar-refractivity contribution in [3.05, 3.63) is 0 Å². The van der Waals surface area contributed by atoms with E-state index in [0.717, 1.165) is 19.3 Å². The summed E-state index contributed by atoms with van der Waals surface area (Å²) in [4.78, 5) is 32.2. The first-order valence-electron chi connectivity index (χ1n) is 8.76. The Balaban J connectivity index is 3.33. The molecule has 126 valence electrons. The Morgan fingerprint density at radius 2 is 1.36 bits per heavy atom. The molecule has 0 saturated carbocycles. The zero-order chi connectivity index (χ0) is 16.5. The number of nitrogens with one attached hydrogen (secondary N) is 1. The summed E-state index contributed by atoms with van der Waals surface area (Å²) in [5.41, 5.74) is 0. The van der Waals surface area contributed by atoms with Gasteiger partial charge in [0.15, 0.2) is 0 Å². The van der Waals surface area contributed by atoms with Gasteiger partial charge in [0.05, 0.1) is 0 Å². The van der Waals surface area contributed by atoms with Crippen molar-refractivity contribution in [1.29, 1.82) is 0 Å². The molecule has 4 nitrogen and oxygen atoms in total. The van der Waals surface area contributed by atoms with Gasteiger partial charge in [-0.1, -0.05) is 71.1 Å². The Kier molecular flexibility index (Phi) is 15.3. The molecule has 22 heavy (non-hydrogen) atoms. The number of hydrogen-bond donors (Lipinski definition) is 1. The summed E-state index contributed by atoms with van der Waals surface area (Å²) in [5.74, 6) is -0.181. The summed E-state index contributed by atoms with van der Waals surface area (Å²) in [6.45, 7) is 2.23. The van der Waals surface area contributed by atoms with Crippen LogP contribution in [0.1, 0.15) is 90.4 Å². The Morgan fingerprint density at radius 1 is 0.864 bits per heavy atom. The van der Waals surface area contributed by atoms with Crippen LogP contribution in [0, 0.1) is 0 Å². The van der Waals surface area contributed by atoms with E-state index in [1.807, 2.05) is 0 Å². The third-order valence-corrected chi connectivity index (χ3v) is 3.77. The van der Waals surface area contributed by atoms with Crippen molar-refractivity contribution >= 4 is 18.5 Å². The number of hydrogen-bond acceptors (Lipinski definition) is 3. The fourth-order valence-corrected chi connectivity index (χ4v) is 2.42. The smallest absolute Gasteiger partial charge is 0.223 e. The second kappa shape index (κ2) is 16.2. The molecule has 0 aliphatic carbocycles. The molecule has 1 N–H and O–H groups in total. The lowest BCUT2D eigenvalue weighted by Crippen LogP contribution is -2.36. The Bertz CT molecular complexity index is 292. The summed E-state index contributed by atoms with van der Waals surface area (Å²) in [7, 11) is 0. The second-order valence-electron chi connectivity index (χ2n) is 5.87. The standard InChI is InChI=1S/C18H31NO3/c1-2-3-4-5-6-7-8-9-10-11-12-13-18(22)19-17(16-21)14-15-20/h17H,2-14H2,1H3,(H,19,22)/t17-/m1/s1. The van der Waals surface area contributed by atoms with Crippen LogP contribution < -0.4 is 5.32 Å². The van der Waals surface area contributed by atoms with E-state index in [0.29, 0.717) is 6.42 Å². The molecule has 0 aromatic heterocycles. The van der Waals surface area contributed by atoms with Crippen LogP contribution in [-0.2, 0) is 14.4 Å². The molecule has 0 aromatic carbocycles. The largest absolute Gasteiger partial charge is 0.345 e. The molecule has 0 rings (SSSR count). The SMILES string of the molecule is CCCCCCCCCCCCCC(=O)N[C@@H]([C]=O)C[C]=O. The number of unbranched alkanes of at least 4 members (excludes halogenated alkanes) is 10. The van der Waals surface area contributed by atoms with Crippen molar-refractivity contribution < 1.29 is 14.4 Å². The average Bonchev–Trinajstić information content (AvgIpc) is 2.52. The zero-order valence-electron chi connectivity index (χ0n) is 14.0. The summed E-state index contributed by atoms with van der Waals surface area (Å²) >= 11 is 0. The summed E-state index contributed by atoms with van der Waals surface area (Å²) in [5, 5.41) is 2.48. The number of carbonyl (C=O) groups excluding carboxylic acids is 3. The molecule has 0 bridgehead atoms. The van der Waals surface area contributed by atoms with Gasteiger partial charge < -0.3 is 5.32 Å². The zero-order valence-corrected chi connectivity index (χ0v) is 14.0. The molecule has 2 radical (unpaired) electrons. The van der Waals surface area contributed by atoms with E-state index < -0.39 is 6.04 Å². The van der Waals surface area contributed by atoms with Crippen LogP contribution in [0.3, 0.4) is 0 Å². The van der Waals surface area contributed by atoms with Gasteiger partial charge in [-0.2, -0.15) is 0 Å². The van der Waals surface area contributed by atoms with E-state index >= 15 is 0 Å². The van der Waals surface area contributed by atoms with E-state index in [-0.39, 0.29) is 12.3 Å². The first-order chi connectivity index (χ1) is 10.7. The van der Waals surface area contributed by atoms with Crippen LogP contribution >= 0.6 is 0 Å². The Morgan fingerprint density at radius 3 is 1.82 bits per heavy atom. The highest BCUT2D eigenvalue weighted by Crippen LogP contribution is 2.11. The Labute approximate surface area is 135 Å². The minimum Gasteiger partial charge on any atom is -0.345 e. The van der Waals surface area contributed by atoms with Crippen molar-refractivity contribution in [2.75, 3.05) is 0 Å². The van der Waals surface area contributed by atoms with Gasteiger partial charge in [-0.3, -0.25) is 14.4 Å². The van der Waals surface area contributed by atoms with Gasteiger partial charge in [0.1, 0.15) is 6.04 Å². The van der Waals surface area contributed by atoms with Gasteiger partial charge in [-0.15, -0.1) is 0 Å². The molecule has 0 spiro atoms. The first kappa shape index (κ1) is 20.8. The van der Waals surface area contributed by atoms with Crippen molar-refractivity contribution in [2.24, 2.45) is 0 Å². The predicted octanol–water partition coefficient (Wildman–Crippen LogP) is 3.78. The lowest BCUT2D eigenvalue weighted by molar-refractivity contribution is -0.121. The number of rotatable bonds is 16. The molecule has 0 saturated heterocycles. The maximum atomic E-state index is 11.5. The second-order valence-corrected chi connectivity index (χ2v) is 5.87. The van der Waals surface area contributed by atoms with Crippen molar-refractivity contribution in [3.63, 3.8) is 0 Å². The van der Waals surface area contributed by atoms with Crippen LogP contribution in [0.25, 0.3) is 0 Å². The molecule has 0 fully saturated rings. The summed E-state index contributed by atoms with van der Waals surface area (Å²) in [6, 6.07) is -0.835. The van der Waals surface area contributed by atoms with Gasteiger partial charge in [0, 0.05) is 12.8 Å². The van der Waals surface area contributed by atoms with Crippen LogP contribution in [0.15, 0.2) is 0 Å². The van der Waals surface area contributed by atoms with Gasteiger partial charge in [0.2, 0.25) is 18.5 Å². The lowest BCUT2D eigenvalue weighted by atomic mass is 10.1. The monoisotopic (exact) mass is 309 g/mol. The van der Waals surface area contributed by atoms with Crippen molar-refractivity contribution in [1.82, 2.24) is 5.32 Å². The Hall–Kier alpha value is -1.19. The quantitative estimate of drug-likeness (QED) is 0.441.